The largest absolute Gasteiger partial charge is 0.465 e. The SMILES string of the molecule is CC1(CN2CCC(N(C(=O)O)C(C)(C)C)CC2)Cn2cc([N+](=O)[O-])nc2O1. The summed E-state index contributed by atoms with van der Waals surface area (Å²) in [5.74, 6) is -0.205. The Balaban J connectivity index is 1.57. The molecule has 1 aromatic rings. The van der Waals surface area contributed by atoms with E-state index in [0.717, 1.165) is 25.9 Å². The van der Waals surface area contributed by atoms with Crippen LogP contribution in [0.5, 0.6) is 6.01 Å². The molecule has 1 fully saturated rings. The van der Waals surface area contributed by atoms with Crippen molar-refractivity contribution in [1.82, 2.24) is 19.4 Å². The van der Waals surface area contributed by atoms with Crippen LogP contribution in [0.2, 0.25) is 0 Å². The molecule has 27 heavy (non-hydrogen) atoms. The van der Waals surface area contributed by atoms with Gasteiger partial charge in [-0.1, -0.05) is 0 Å². The van der Waals surface area contributed by atoms with Gasteiger partial charge in [-0.3, -0.25) is 9.47 Å². The number of carboxylic acid groups (broad SMARTS) is 1. The van der Waals surface area contributed by atoms with Crippen LogP contribution in [0, 0.1) is 10.1 Å². The van der Waals surface area contributed by atoms with E-state index in [0.29, 0.717) is 13.1 Å². The van der Waals surface area contributed by atoms with Gasteiger partial charge in [0.15, 0.2) is 0 Å². The molecule has 0 bridgehead atoms. The molecular formula is C17H27N5O5. The average molecular weight is 381 g/mol. The Morgan fingerprint density at radius 2 is 2.11 bits per heavy atom. The molecule has 2 aliphatic heterocycles. The molecule has 10 heteroatoms. The molecule has 0 radical (unpaired) electrons. The summed E-state index contributed by atoms with van der Waals surface area (Å²) in [6, 6.07) is 0.290. The predicted octanol–water partition coefficient (Wildman–Crippen LogP) is 2.19. The number of hydrogen-bond acceptors (Lipinski definition) is 6. The molecule has 0 saturated carbocycles. The first-order chi connectivity index (χ1) is 12.5. The number of hydrogen-bond donors (Lipinski definition) is 1. The van der Waals surface area contributed by atoms with E-state index >= 15 is 0 Å². The van der Waals surface area contributed by atoms with E-state index in [4.69, 9.17) is 4.74 Å². The summed E-state index contributed by atoms with van der Waals surface area (Å²) in [7, 11) is 0. The molecule has 1 atom stereocenters. The van der Waals surface area contributed by atoms with Crippen molar-refractivity contribution in [3.8, 4) is 6.01 Å². The van der Waals surface area contributed by atoms with E-state index in [1.165, 1.54) is 6.20 Å². The van der Waals surface area contributed by atoms with E-state index in [2.05, 4.69) is 9.88 Å². The van der Waals surface area contributed by atoms with Gasteiger partial charge >= 0.3 is 17.9 Å². The molecule has 10 nitrogen and oxygen atoms in total. The number of imidazole rings is 1. The number of likely N-dealkylation sites (tertiary alicyclic amines) is 1. The second-order valence-corrected chi connectivity index (χ2v) is 8.65. The topological polar surface area (TPSA) is 114 Å². The summed E-state index contributed by atoms with van der Waals surface area (Å²) in [5, 5.41) is 20.4. The molecule has 1 unspecified atom stereocenters. The van der Waals surface area contributed by atoms with Crippen LogP contribution in [0.15, 0.2) is 6.20 Å². The van der Waals surface area contributed by atoms with Gasteiger partial charge in [0.05, 0.1) is 6.54 Å². The highest BCUT2D eigenvalue weighted by Crippen LogP contribution is 2.32. The van der Waals surface area contributed by atoms with Crippen molar-refractivity contribution in [1.29, 1.82) is 0 Å². The maximum Gasteiger partial charge on any atom is 0.415 e. The number of fused-ring (bicyclic) bond motifs is 1. The zero-order chi connectivity index (χ0) is 20.0. The third kappa shape index (κ3) is 4.00. The van der Waals surface area contributed by atoms with Gasteiger partial charge in [-0.05, 0) is 45.5 Å². The van der Waals surface area contributed by atoms with Crippen LogP contribution in [0.4, 0.5) is 10.6 Å². The second-order valence-electron chi connectivity index (χ2n) is 8.65. The van der Waals surface area contributed by atoms with Gasteiger partial charge in [0.25, 0.3) is 0 Å². The van der Waals surface area contributed by atoms with E-state index in [9.17, 15) is 20.0 Å². The number of amides is 1. The third-order valence-corrected chi connectivity index (χ3v) is 5.17. The van der Waals surface area contributed by atoms with Crippen LogP contribution in [0.1, 0.15) is 40.5 Å². The van der Waals surface area contributed by atoms with Gasteiger partial charge < -0.3 is 24.9 Å². The molecule has 1 N–H and O–H groups in total. The van der Waals surface area contributed by atoms with Crippen molar-refractivity contribution < 1.29 is 19.6 Å². The summed E-state index contributed by atoms with van der Waals surface area (Å²) < 4.78 is 7.57. The van der Waals surface area contributed by atoms with E-state index in [1.807, 2.05) is 27.7 Å². The summed E-state index contributed by atoms with van der Waals surface area (Å²) in [6.07, 6.45) is 2.07. The molecule has 0 aromatic carbocycles. The quantitative estimate of drug-likeness (QED) is 0.628. The van der Waals surface area contributed by atoms with Gasteiger partial charge in [-0.15, -0.1) is 0 Å². The first-order valence-corrected chi connectivity index (χ1v) is 9.14. The van der Waals surface area contributed by atoms with Crippen LogP contribution >= 0.6 is 0 Å². The van der Waals surface area contributed by atoms with E-state index < -0.39 is 22.2 Å². The highest BCUT2D eigenvalue weighted by molar-refractivity contribution is 5.66. The summed E-state index contributed by atoms with van der Waals surface area (Å²) in [5.41, 5.74) is -0.927. The smallest absolute Gasteiger partial charge is 0.415 e. The van der Waals surface area contributed by atoms with Crippen molar-refractivity contribution in [3.05, 3.63) is 16.3 Å². The lowest BCUT2D eigenvalue weighted by Crippen LogP contribution is -2.56. The molecule has 3 heterocycles. The second kappa shape index (κ2) is 6.66. The Labute approximate surface area is 157 Å². The van der Waals surface area contributed by atoms with Gasteiger partial charge in [0.2, 0.25) is 0 Å². The zero-order valence-corrected chi connectivity index (χ0v) is 16.2. The number of ether oxygens (including phenoxy) is 1. The molecule has 1 saturated heterocycles. The lowest BCUT2D eigenvalue weighted by Gasteiger charge is -2.44. The van der Waals surface area contributed by atoms with Gasteiger partial charge in [-0.2, -0.15) is 0 Å². The number of nitrogens with zero attached hydrogens (tertiary/aromatic N) is 5. The Bertz CT molecular complexity index is 709. The molecule has 3 rings (SSSR count). The van der Waals surface area contributed by atoms with Crippen LogP contribution in [0.3, 0.4) is 0 Å². The average Bonchev–Trinajstić information content (AvgIpc) is 3.02. The van der Waals surface area contributed by atoms with Gasteiger partial charge in [0.1, 0.15) is 11.8 Å². The highest BCUT2D eigenvalue weighted by atomic mass is 16.6. The first kappa shape index (κ1) is 19.4. The molecular weight excluding hydrogens is 354 g/mol. The summed E-state index contributed by atoms with van der Waals surface area (Å²) >= 11 is 0. The van der Waals surface area contributed by atoms with E-state index in [-0.39, 0.29) is 17.9 Å². The Kier molecular flexibility index (Phi) is 4.79. The van der Waals surface area contributed by atoms with Crippen LogP contribution in [-0.4, -0.2) is 72.3 Å². The predicted molar refractivity (Wildman–Crippen MR) is 97.0 cm³/mol. The Morgan fingerprint density at radius 1 is 1.48 bits per heavy atom. The highest BCUT2D eigenvalue weighted by Gasteiger charge is 2.43. The first-order valence-electron chi connectivity index (χ1n) is 9.14. The maximum atomic E-state index is 11.7. The molecule has 1 aromatic heterocycles. The minimum absolute atomic E-state index is 0.00846. The summed E-state index contributed by atoms with van der Waals surface area (Å²) in [6.45, 7) is 10.5. The van der Waals surface area contributed by atoms with E-state index in [1.54, 1.807) is 9.47 Å². The maximum absolute atomic E-state index is 11.7. The standard InChI is InChI=1S/C17H27N5O5/c1-16(2,3)21(15(23)24)12-5-7-19(8-6-12)10-17(4)11-20-9-13(22(25)26)18-14(20)27-17/h9,12H,5-8,10-11H2,1-4H3,(H,23,24). The Hall–Kier alpha value is -2.36. The number of carbonyl (C=O) groups is 1. The van der Waals surface area contributed by atoms with Crippen molar-refractivity contribution in [2.45, 2.75) is 64.3 Å². The third-order valence-electron chi connectivity index (χ3n) is 5.17. The lowest BCUT2D eigenvalue weighted by molar-refractivity contribution is -0.389. The van der Waals surface area contributed by atoms with Gasteiger partial charge in [0, 0.05) is 36.2 Å². The van der Waals surface area contributed by atoms with Crippen molar-refractivity contribution in [2.75, 3.05) is 19.6 Å². The number of rotatable bonds is 4. The zero-order valence-electron chi connectivity index (χ0n) is 16.2. The minimum Gasteiger partial charge on any atom is -0.465 e. The molecule has 0 aliphatic carbocycles. The minimum atomic E-state index is -0.876. The number of aromatic nitrogens is 2. The van der Waals surface area contributed by atoms with Crippen molar-refractivity contribution in [3.63, 3.8) is 0 Å². The normalized spacial score (nSPS) is 23.7. The molecule has 0 spiro atoms. The van der Waals surface area contributed by atoms with Crippen LogP contribution < -0.4 is 4.74 Å². The van der Waals surface area contributed by atoms with Crippen LogP contribution in [-0.2, 0) is 6.54 Å². The van der Waals surface area contributed by atoms with Crippen molar-refractivity contribution in [2.24, 2.45) is 0 Å². The molecule has 1 amide bonds. The van der Waals surface area contributed by atoms with Gasteiger partial charge in [-0.25, -0.2) is 4.79 Å². The lowest BCUT2D eigenvalue weighted by atomic mass is 9.96. The number of nitro groups is 1. The molecule has 2 aliphatic rings. The molecule has 150 valence electrons. The monoisotopic (exact) mass is 381 g/mol. The fourth-order valence-electron chi connectivity index (χ4n) is 4.16. The van der Waals surface area contributed by atoms with Crippen LogP contribution in [0.25, 0.3) is 0 Å². The van der Waals surface area contributed by atoms with Crippen molar-refractivity contribution >= 4 is 11.9 Å². The summed E-state index contributed by atoms with van der Waals surface area (Å²) in [4.78, 5) is 29.7. The fraction of sp³-hybridized carbons (Fsp3) is 0.765. The number of piperidine rings is 1. The fourth-order valence-corrected chi connectivity index (χ4v) is 4.16. The Morgan fingerprint density at radius 3 is 2.59 bits per heavy atom.